The first-order valence-corrected chi connectivity index (χ1v) is 8.33. The van der Waals surface area contributed by atoms with Gasteiger partial charge in [0, 0.05) is 0 Å². The maximum absolute atomic E-state index is 12.1. The minimum Gasteiger partial charge on any atom is -0.486 e. The summed E-state index contributed by atoms with van der Waals surface area (Å²) in [5.41, 5.74) is 0.0419. The van der Waals surface area contributed by atoms with Gasteiger partial charge in [0.1, 0.15) is 18.8 Å². The van der Waals surface area contributed by atoms with E-state index in [1.165, 1.54) is 7.11 Å². The Balaban J connectivity index is 2.15. The maximum Gasteiger partial charge on any atom is 0.407 e. The van der Waals surface area contributed by atoms with Crippen molar-refractivity contribution in [2.45, 2.75) is 44.9 Å². The van der Waals surface area contributed by atoms with Gasteiger partial charge in [-0.3, -0.25) is 0 Å². The first-order valence-electron chi connectivity index (χ1n) is 8.33. The molecule has 1 aromatic rings. The van der Waals surface area contributed by atoms with Crippen LogP contribution in [0.5, 0.6) is 11.5 Å². The number of carbonyl (C=O) groups excluding carboxylic acids is 2. The van der Waals surface area contributed by atoms with Gasteiger partial charge in [0.05, 0.1) is 13.2 Å². The molecule has 2 unspecified atom stereocenters. The van der Waals surface area contributed by atoms with Crippen LogP contribution in [0, 0.1) is 0 Å². The molecule has 1 aromatic carbocycles. The van der Waals surface area contributed by atoms with Gasteiger partial charge < -0.3 is 29.4 Å². The highest BCUT2D eigenvalue weighted by molar-refractivity contribution is 5.77. The number of methoxy groups -OCH3 is 1. The summed E-state index contributed by atoms with van der Waals surface area (Å²) in [5, 5.41) is 12.8. The minimum atomic E-state index is -1.54. The van der Waals surface area contributed by atoms with Crippen LogP contribution in [0.15, 0.2) is 18.2 Å². The van der Waals surface area contributed by atoms with Crippen LogP contribution in [0.3, 0.4) is 0 Å². The number of aliphatic hydroxyl groups excluding tert-OH is 1. The van der Waals surface area contributed by atoms with Crippen molar-refractivity contribution in [1.82, 2.24) is 5.32 Å². The van der Waals surface area contributed by atoms with Crippen molar-refractivity contribution in [3.63, 3.8) is 0 Å². The van der Waals surface area contributed by atoms with Crippen molar-refractivity contribution in [2.24, 2.45) is 0 Å². The number of esters is 1. The number of fused-ring (bicyclic) bond motifs is 1. The Bertz CT molecular complexity index is 653. The van der Waals surface area contributed by atoms with Crippen molar-refractivity contribution < 1.29 is 33.6 Å². The van der Waals surface area contributed by atoms with Crippen molar-refractivity contribution in [1.29, 1.82) is 0 Å². The standard InChI is InChI=1S/C18H25NO7/c1-18(2,3)26-17(22)19-12(15(20)16(21)23-4)9-11-5-6-13-14(10-11)25-8-7-24-13/h5-6,10,12,15,20H,7-9H2,1-4H3,(H,19,22). The van der Waals surface area contributed by atoms with Crippen LogP contribution >= 0.6 is 0 Å². The molecular formula is C18H25NO7. The summed E-state index contributed by atoms with van der Waals surface area (Å²) in [5.74, 6) is 0.367. The van der Waals surface area contributed by atoms with Crippen LogP contribution in [-0.4, -0.2) is 55.2 Å². The molecule has 1 aliphatic heterocycles. The predicted molar refractivity (Wildman–Crippen MR) is 92.3 cm³/mol. The van der Waals surface area contributed by atoms with E-state index in [1.807, 2.05) is 0 Å². The predicted octanol–water partition coefficient (Wildman–Crippen LogP) is 1.43. The Kier molecular flexibility index (Phi) is 6.31. The topological polar surface area (TPSA) is 103 Å². The zero-order valence-corrected chi connectivity index (χ0v) is 15.4. The molecule has 144 valence electrons. The van der Waals surface area contributed by atoms with E-state index in [2.05, 4.69) is 10.1 Å². The van der Waals surface area contributed by atoms with Gasteiger partial charge in [-0.2, -0.15) is 0 Å². The summed E-state index contributed by atoms with van der Waals surface area (Å²) in [6.07, 6.45) is -2.10. The molecule has 0 saturated heterocycles. The highest BCUT2D eigenvalue weighted by Crippen LogP contribution is 2.31. The van der Waals surface area contributed by atoms with Gasteiger partial charge in [0.2, 0.25) is 0 Å². The molecule has 2 atom stereocenters. The molecule has 0 aliphatic carbocycles. The van der Waals surface area contributed by atoms with Gasteiger partial charge in [-0.05, 0) is 44.9 Å². The van der Waals surface area contributed by atoms with E-state index >= 15 is 0 Å². The number of rotatable bonds is 5. The Morgan fingerprint density at radius 1 is 1.23 bits per heavy atom. The van der Waals surface area contributed by atoms with Crippen LogP contribution in [0.4, 0.5) is 4.79 Å². The number of hydrogen-bond acceptors (Lipinski definition) is 7. The average Bonchev–Trinajstić information content (AvgIpc) is 2.58. The lowest BCUT2D eigenvalue weighted by Gasteiger charge is -2.26. The quantitative estimate of drug-likeness (QED) is 0.759. The summed E-state index contributed by atoms with van der Waals surface area (Å²) in [6, 6.07) is 4.35. The fourth-order valence-electron chi connectivity index (χ4n) is 2.45. The summed E-state index contributed by atoms with van der Waals surface area (Å²) < 4.78 is 20.8. The van der Waals surface area contributed by atoms with Gasteiger partial charge in [-0.15, -0.1) is 0 Å². The van der Waals surface area contributed by atoms with Gasteiger partial charge in [-0.1, -0.05) is 6.07 Å². The summed E-state index contributed by atoms with van der Waals surface area (Å²) in [6.45, 7) is 6.09. The summed E-state index contributed by atoms with van der Waals surface area (Å²) >= 11 is 0. The van der Waals surface area contributed by atoms with E-state index in [9.17, 15) is 14.7 Å². The molecule has 0 spiro atoms. The molecule has 0 aromatic heterocycles. The average molecular weight is 367 g/mol. The highest BCUT2D eigenvalue weighted by atomic mass is 16.6. The van der Waals surface area contributed by atoms with E-state index in [0.29, 0.717) is 24.7 Å². The number of alkyl carbamates (subject to hydrolysis) is 1. The molecule has 26 heavy (non-hydrogen) atoms. The SMILES string of the molecule is COC(=O)C(O)C(Cc1ccc2c(c1)OCCO2)NC(=O)OC(C)(C)C. The zero-order valence-electron chi connectivity index (χ0n) is 15.4. The van der Waals surface area contributed by atoms with E-state index in [0.717, 1.165) is 5.56 Å². The third kappa shape index (κ3) is 5.52. The van der Waals surface area contributed by atoms with Crippen LogP contribution in [0.2, 0.25) is 0 Å². The molecule has 0 radical (unpaired) electrons. The number of carbonyl (C=O) groups is 2. The normalized spacial score (nSPS) is 15.6. The van der Waals surface area contributed by atoms with Gasteiger partial charge >= 0.3 is 12.1 Å². The second-order valence-electron chi connectivity index (χ2n) is 6.90. The molecule has 1 aliphatic rings. The molecule has 0 fully saturated rings. The summed E-state index contributed by atoms with van der Waals surface area (Å²) in [7, 11) is 1.17. The van der Waals surface area contributed by atoms with Gasteiger partial charge in [0.15, 0.2) is 17.6 Å². The van der Waals surface area contributed by atoms with Gasteiger partial charge in [-0.25, -0.2) is 9.59 Å². The number of ether oxygens (including phenoxy) is 4. The number of aliphatic hydroxyl groups is 1. The number of nitrogens with one attached hydrogen (secondary N) is 1. The van der Waals surface area contributed by atoms with E-state index in [1.54, 1.807) is 39.0 Å². The second kappa shape index (κ2) is 8.27. The smallest absolute Gasteiger partial charge is 0.407 e. The highest BCUT2D eigenvalue weighted by Gasteiger charge is 2.30. The zero-order chi connectivity index (χ0) is 19.3. The van der Waals surface area contributed by atoms with Crippen LogP contribution in [0.25, 0.3) is 0 Å². The minimum absolute atomic E-state index is 0.173. The molecule has 8 heteroatoms. The van der Waals surface area contributed by atoms with Crippen molar-refractivity contribution in [2.75, 3.05) is 20.3 Å². The van der Waals surface area contributed by atoms with Crippen LogP contribution < -0.4 is 14.8 Å². The van der Waals surface area contributed by atoms with E-state index in [4.69, 9.17) is 14.2 Å². The van der Waals surface area contributed by atoms with Crippen molar-refractivity contribution in [3.8, 4) is 11.5 Å². The summed E-state index contributed by atoms with van der Waals surface area (Å²) in [4.78, 5) is 23.8. The lowest BCUT2D eigenvalue weighted by atomic mass is 10.0. The third-order valence-electron chi connectivity index (χ3n) is 3.59. The first kappa shape index (κ1) is 19.8. The molecule has 1 amide bonds. The fraction of sp³-hybridized carbons (Fsp3) is 0.556. The van der Waals surface area contributed by atoms with Crippen LogP contribution in [-0.2, 0) is 20.7 Å². The molecule has 0 bridgehead atoms. The number of amides is 1. The van der Waals surface area contributed by atoms with E-state index < -0.39 is 29.8 Å². The van der Waals surface area contributed by atoms with Crippen LogP contribution in [0.1, 0.15) is 26.3 Å². The second-order valence-corrected chi connectivity index (χ2v) is 6.90. The number of hydrogen-bond donors (Lipinski definition) is 2. The molecule has 1 heterocycles. The Labute approximate surface area is 152 Å². The van der Waals surface area contributed by atoms with Crippen molar-refractivity contribution in [3.05, 3.63) is 23.8 Å². The molecule has 2 N–H and O–H groups in total. The molecule has 0 saturated carbocycles. The third-order valence-corrected chi connectivity index (χ3v) is 3.59. The molecule has 2 rings (SSSR count). The Morgan fingerprint density at radius 3 is 2.50 bits per heavy atom. The number of benzene rings is 1. The Hall–Kier alpha value is -2.48. The maximum atomic E-state index is 12.1. The van der Waals surface area contributed by atoms with Gasteiger partial charge in [0.25, 0.3) is 0 Å². The fourth-order valence-corrected chi connectivity index (χ4v) is 2.45. The lowest BCUT2D eigenvalue weighted by molar-refractivity contribution is -0.151. The lowest BCUT2D eigenvalue weighted by Crippen LogP contribution is -2.50. The Morgan fingerprint density at radius 2 is 1.88 bits per heavy atom. The van der Waals surface area contributed by atoms with Crippen molar-refractivity contribution >= 4 is 12.1 Å². The monoisotopic (exact) mass is 367 g/mol. The molecule has 8 nitrogen and oxygen atoms in total. The van der Waals surface area contributed by atoms with E-state index in [-0.39, 0.29) is 6.42 Å². The largest absolute Gasteiger partial charge is 0.486 e. The molecular weight excluding hydrogens is 342 g/mol. The first-order chi connectivity index (χ1) is 12.2.